The highest BCUT2D eigenvalue weighted by molar-refractivity contribution is 5.06. The van der Waals surface area contributed by atoms with Gasteiger partial charge in [-0.1, -0.05) is 10.3 Å². The minimum atomic E-state index is -0.0829. The normalized spacial score (nSPS) is 23.5. The van der Waals surface area contributed by atoms with Crippen molar-refractivity contribution < 1.29 is 4.74 Å². The van der Waals surface area contributed by atoms with Crippen molar-refractivity contribution >= 4 is 0 Å². The van der Waals surface area contributed by atoms with E-state index in [1.54, 1.807) is 0 Å². The van der Waals surface area contributed by atoms with Gasteiger partial charge in [0.2, 0.25) is 0 Å². The Bertz CT molecular complexity index is 354. The van der Waals surface area contributed by atoms with Gasteiger partial charge in [0.1, 0.15) is 5.60 Å². The fourth-order valence-electron chi connectivity index (χ4n) is 1.78. The Kier molecular flexibility index (Phi) is 1.95. The monoisotopic (exact) mass is 208 g/mol. The molecule has 0 radical (unpaired) electrons. The van der Waals surface area contributed by atoms with E-state index in [1.807, 2.05) is 10.9 Å². The van der Waals surface area contributed by atoms with Gasteiger partial charge in [0, 0.05) is 19.6 Å². The molecule has 1 aliphatic heterocycles. The summed E-state index contributed by atoms with van der Waals surface area (Å²) in [5.74, 6) is 1.47. The van der Waals surface area contributed by atoms with Crippen molar-refractivity contribution in [2.24, 2.45) is 5.92 Å². The van der Waals surface area contributed by atoms with Crippen LogP contribution in [0.25, 0.3) is 0 Å². The molecule has 5 nitrogen and oxygen atoms in total. The van der Waals surface area contributed by atoms with Crippen molar-refractivity contribution in [2.45, 2.75) is 31.9 Å². The molecule has 0 unspecified atom stereocenters. The summed E-state index contributed by atoms with van der Waals surface area (Å²) in [6, 6.07) is 0. The van der Waals surface area contributed by atoms with E-state index < -0.39 is 0 Å². The van der Waals surface area contributed by atoms with Gasteiger partial charge >= 0.3 is 0 Å². The second-order valence-corrected chi connectivity index (χ2v) is 4.88. The van der Waals surface area contributed by atoms with Crippen molar-refractivity contribution in [1.82, 2.24) is 20.3 Å². The second-order valence-electron chi connectivity index (χ2n) is 4.88. The molecule has 15 heavy (non-hydrogen) atoms. The van der Waals surface area contributed by atoms with Crippen LogP contribution in [-0.4, -0.2) is 33.7 Å². The average molecular weight is 208 g/mol. The molecule has 0 atom stereocenters. The summed E-state index contributed by atoms with van der Waals surface area (Å²) in [6.45, 7) is 4.86. The predicted molar refractivity (Wildman–Crippen MR) is 54.6 cm³/mol. The summed E-state index contributed by atoms with van der Waals surface area (Å²) in [5.41, 5.74) is -0.0829. The number of hydrogen-bond donors (Lipinski definition) is 1. The summed E-state index contributed by atoms with van der Waals surface area (Å²) in [5, 5.41) is 11.3. The molecule has 1 aromatic heterocycles. The summed E-state index contributed by atoms with van der Waals surface area (Å²) in [7, 11) is 0. The first-order valence-corrected chi connectivity index (χ1v) is 5.53. The molecule has 2 fully saturated rings. The Morgan fingerprint density at radius 1 is 1.60 bits per heavy atom. The van der Waals surface area contributed by atoms with Gasteiger partial charge in [-0.25, -0.2) is 4.68 Å². The van der Waals surface area contributed by atoms with Gasteiger partial charge in [-0.2, -0.15) is 0 Å². The van der Waals surface area contributed by atoms with Gasteiger partial charge in [-0.15, -0.1) is 0 Å². The topological polar surface area (TPSA) is 52.0 Å². The van der Waals surface area contributed by atoms with Crippen LogP contribution in [0.15, 0.2) is 6.20 Å². The fraction of sp³-hybridized carbons (Fsp3) is 0.800. The second kappa shape index (κ2) is 3.20. The number of nitrogens with zero attached hydrogens (tertiary/aromatic N) is 3. The molecule has 0 aromatic carbocycles. The zero-order chi connectivity index (χ0) is 10.3. The van der Waals surface area contributed by atoms with E-state index in [9.17, 15) is 0 Å². The van der Waals surface area contributed by atoms with Gasteiger partial charge in [0.25, 0.3) is 5.88 Å². The molecule has 82 valence electrons. The first kappa shape index (κ1) is 9.15. The third-order valence-electron chi connectivity index (χ3n) is 3.01. The van der Waals surface area contributed by atoms with Crippen LogP contribution in [-0.2, 0) is 6.54 Å². The van der Waals surface area contributed by atoms with Crippen LogP contribution in [0.5, 0.6) is 5.88 Å². The van der Waals surface area contributed by atoms with Crippen LogP contribution in [0.3, 0.4) is 0 Å². The smallest absolute Gasteiger partial charge is 0.254 e. The highest BCUT2D eigenvalue weighted by atomic mass is 16.5. The minimum absolute atomic E-state index is 0.0829. The predicted octanol–water partition coefficient (Wildman–Crippen LogP) is 0.429. The Balaban J connectivity index is 1.62. The van der Waals surface area contributed by atoms with E-state index in [0.29, 0.717) is 5.88 Å². The molecule has 2 heterocycles. The summed E-state index contributed by atoms with van der Waals surface area (Å²) < 4.78 is 7.65. The highest BCUT2D eigenvalue weighted by Gasteiger charge is 2.34. The van der Waals surface area contributed by atoms with E-state index in [-0.39, 0.29) is 5.60 Å². The van der Waals surface area contributed by atoms with E-state index in [0.717, 1.165) is 25.6 Å². The molecule has 0 spiro atoms. The van der Waals surface area contributed by atoms with E-state index in [1.165, 1.54) is 12.8 Å². The van der Waals surface area contributed by atoms with Crippen LogP contribution in [0.4, 0.5) is 0 Å². The molecular weight excluding hydrogens is 192 g/mol. The maximum absolute atomic E-state index is 5.76. The van der Waals surface area contributed by atoms with Crippen molar-refractivity contribution in [3.8, 4) is 5.88 Å². The zero-order valence-electron chi connectivity index (χ0n) is 8.94. The number of nitrogens with one attached hydrogen (secondary N) is 1. The molecular formula is C10H16N4O. The van der Waals surface area contributed by atoms with Crippen LogP contribution >= 0.6 is 0 Å². The van der Waals surface area contributed by atoms with E-state index in [2.05, 4.69) is 22.6 Å². The number of aromatic nitrogens is 3. The fourth-order valence-corrected chi connectivity index (χ4v) is 1.78. The Labute approximate surface area is 88.8 Å². The minimum Gasteiger partial charge on any atom is -0.466 e. The van der Waals surface area contributed by atoms with Crippen molar-refractivity contribution in [1.29, 1.82) is 0 Å². The largest absolute Gasteiger partial charge is 0.466 e. The average Bonchev–Trinajstić information content (AvgIpc) is 2.85. The van der Waals surface area contributed by atoms with Crippen molar-refractivity contribution in [2.75, 3.05) is 13.1 Å². The van der Waals surface area contributed by atoms with Crippen molar-refractivity contribution in [3.63, 3.8) is 0 Å². The lowest BCUT2D eigenvalue weighted by Crippen LogP contribution is -2.61. The first-order chi connectivity index (χ1) is 7.23. The van der Waals surface area contributed by atoms with Crippen molar-refractivity contribution in [3.05, 3.63) is 6.20 Å². The maximum Gasteiger partial charge on any atom is 0.254 e. The SMILES string of the molecule is CC1(Oc2cn(CC3CC3)nn2)CNC1. The van der Waals surface area contributed by atoms with Gasteiger partial charge in [0.15, 0.2) is 0 Å². The van der Waals surface area contributed by atoms with Crippen LogP contribution in [0.1, 0.15) is 19.8 Å². The van der Waals surface area contributed by atoms with Gasteiger partial charge in [0.05, 0.1) is 6.20 Å². The lowest BCUT2D eigenvalue weighted by molar-refractivity contribution is 0.0303. The van der Waals surface area contributed by atoms with Crippen LogP contribution in [0, 0.1) is 5.92 Å². The molecule has 1 saturated heterocycles. The van der Waals surface area contributed by atoms with Crippen LogP contribution < -0.4 is 10.1 Å². The van der Waals surface area contributed by atoms with Gasteiger partial charge in [-0.3, -0.25) is 0 Å². The van der Waals surface area contributed by atoms with E-state index >= 15 is 0 Å². The molecule has 1 aromatic rings. The molecule has 5 heteroatoms. The third-order valence-corrected chi connectivity index (χ3v) is 3.01. The Morgan fingerprint density at radius 3 is 3.00 bits per heavy atom. The molecule has 0 amide bonds. The summed E-state index contributed by atoms with van der Waals surface area (Å²) in [6.07, 6.45) is 4.57. The highest BCUT2D eigenvalue weighted by Crippen LogP contribution is 2.30. The van der Waals surface area contributed by atoms with Gasteiger partial charge in [-0.05, 0) is 25.7 Å². The van der Waals surface area contributed by atoms with Crippen LogP contribution in [0.2, 0.25) is 0 Å². The molecule has 0 bridgehead atoms. The van der Waals surface area contributed by atoms with Gasteiger partial charge < -0.3 is 10.1 Å². The number of rotatable bonds is 4. The number of ether oxygens (including phenoxy) is 1. The summed E-state index contributed by atoms with van der Waals surface area (Å²) >= 11 is 0. The lowest BCUT2D eigenvalue weighted by atomic mass is 10.0. The molecule has 1 aliphatic carbocycles. The molecule has 1 N–H and O–H groups in total. The number of hydrogen-bond acceptors (Lipinski definition) is 4. The standard InChI is InChI=1S/C10H16N4O/c1-10(6-11-7-10)15-9-5-14(13-12-9)4-8-2-3-8/h5,8,11H,2-4,6-7H2,1H3. The first-order valence-electron chi connectivity index (χ1n) is 5.53. The zero-order valence-corrected chi connectivity index (χ0v) is 8.94. The lowest BCUT2D eigenvalue weighted by Gasteiger charge is -2.38. The van der Waals surface area contributed by atoms with E-state index in [4.69, 9.17) is 4.74 Å². The Morgan fingerprint density at radius 2 is 2.40 bits per heavy atom. The molecule has 3 rings (SSSR count). The third kappa shape index (κ3) is 1.97. The maximum atomic E-state index is 5.76. The molecule has 1 saturated carbocycles. The quantitative estimate of drug-likeness (QED) is 0.779. The Hall–Kier alpha value is -1.10. The summed E-state index contributed by atoms with van der Waals surface area (Å²) in [4.78, 5) is 0. The molecule has 2 aliphatic rings.